The van der Waals surface area contributed by atoms with Crippen LogP contribution in [-0.4, -0.2) is 0 Å². The SMILES string of the molecule is C/C(N=Nc1ccccc1)=C1\C=CC=C[CH-]1.C/C(N=Nc1ccccc1)=C1\C=CC=C[CH-]1.[Cl][Pd+].[Cl][Pd+]. The summed E-state index contributed by atoms with van der Waals surface area (Å²) in [6, 6.07) is 19.5. The molecule has 0 bridgehead atoms. The summed E-state index contributed by atoms with van der Waals surface area (Å²) in [6.45, 7) is 3.92. The van der Waals surface area contributed by atoms with Crippen molar-refractivity contribution in [2.45, 2.75) is 13.8 Å². The second-order valence-corrected chi connectivity index (χ2v) is 6.97. The van der Waals surface area contributed by atoms with Crippen LogP contribution in [0.1, 0.15) is 13.8 Å². The zero-order chi connectivity index (χ0) is 26.4. The second-order valence-electron chi connectivity index (χ2n) is 6.97. The summed E-state index contributed by atoms with van der Waals surface area (Å²) in [6.07, 6.45) is 20.1. The third kappa shape index (κ3) is 13.1. The van der Waals surface area contributed by atoms with Gasteiger partial charge in [-0.3, -0.25) is 0 Å². The van der Waals surface area contributed by atoms with Crippen LogP contribution in [0.2, 0.25) is 0 Å². The van der Waals surface area contributed by atoms with Gasteiger partial charge in [-0.05, 0) is 35.7 Å². The predicted octanol–water partition coefficient (Wildman–Crippen LogP) is 10.1. The van der Waals surface area contributed by atoms with Crippen molar-refractivity contribution in [3.8, 4) is 0 Å². The fraction of sp³-hybridized carbons (Fsp3) is 0.0714. The number of nitrogens with zero attached hydrogens (tertiary/aromatic N) is 4. The Kier molecular flexibility index (Phi) is 18.4. The van der Waals surface area contributed by atoms with Crippen LogP contribution in [0.25, 0.3) is 0 Å². The number of azo groups is 2. The summed E-state index contributed by atoms with van der Waals surface area (Å²) >= 11 is 4.44. The van der Waals surface area contributed by atoms with Crippen LogP contribution in [-0.2, 0) is 36.4 Å². The van der Waals surface area contributed by atoms with Gasteiger partial charge in [-0.15, -0.1) is 72.6 Å². The quantitative estimate of drug-likeness (QED) is 0.173. The predicted molar refractivity (Wildman–Crippen MR) is 144 cm³/mol. The minimum atomic E-state index is 0.873. The molecule has 0 saturated carbocycles. The Morgan fingerprint density at radius 3 is 1.25 bits per heavy atom. The van der Waals surface area contributed by atoms with E-state index in [-0.39, 0.29) is 0 Å². The molecule has 192 valence electrons. The minimum absolute atomic E-state index is 0.873. The molecule has 2 aliphatic carbocycles. The Hall–Kier alpha value is -2.28. The molecule has 0 aromatic heterocycles. The molecule has 2 aliphatic rings. The average Bonchev–Trinajstić information content (AvgIpc) is 2.99. The Morgan fingerprint density at radius 2 is 0.944 bits per heavy atom. The van der Waals surface area contributed by atoms with Gasteiger partial charge in [-0.25, -0.2) is 10.2 Å². The van der Waals surface area contributed by atoms with Crippen molar-refractivity contribution < 1.29 is 36.4 Å². The summed E-state index contributed by atoms with van der Waals surface area (Å²) in [7, 11) is 8.98. The molecule has 2 aromatic carbocycles. The van der Waals surface area contributed by atoms with Crippen molar-refractivity contribution >= 4 is 30.4 Å². The second kappa shape index (κ2) is 20.9. The fourth-order valence-corrected chi connectivity index (χ4v) is 2.73. The number of halogens is 2. The van der Waals surface area contributed by atoms with Gasteiger partial charge in [-0.2, -0.15) is 10.2 Å². The van der Waals surface area contributed by atoms with E-state index in [0.717, 1.165) is 33.9 Å². The van der Waals surface area contributed by atoms with Crippen LogP contribution < -0.4 is 0 Å². The van der Waals surface area contributed by atoms with Crippen LogP contribution in [0, 0.1) is 12.8 Å². The third-order valence-electron chi connectivity index (χ3n) is 4.53. The molecule has 4 rings (SSSR count). The van der Waals surface area contributed by atoms with Gasteiger partial charge in [0.15, 0.2) is 0 Å². The van der Waals surface area contributed by atoms with Crippen LogP contribution >= 0.6 is 19.1 Å². The van der Waals surface area contributed by atoms with Gasteiger partial charge in [0.05, 0.1) is 11.4 Å². The monoisotopic (exact) mass is 700 g/mol. The molecule has 0 saturated heterocycles. The van der Waals surface area contributed by atoms with E-state index in [4.69, 9.17) is 0 Å². The molecular formula is C28H26Cl2N4Pd2. The first kappa shape index (κ1) is 31.8. The van der Waals surface area contributed by atoms with Crippen molar-refractivity contribution in [1.82, 2.24) is 0 Å². The Labute approximate surface area is 244 Å². The molecular weight excluding hydrogens is 676 g/mol. The summed E-state index contributed by atoms with van der Waals surface area (Å²) in [5, 5.41) is 16.8. The first-order valence-corrected chi connectivity index (χ1v) is 14.7. The van der Waals surface area contributed by atoms with Crippen molar-refractivity contribution in [1.29, 1.82) is 0 Å². The molecule has 0 amide bonds. The van der Waals surface area contributed by atoms with Crippen molar-refractivity contribution in [3.05, 3.63) is 145 Å². The zero-order valence-corrected chi connectivity index (χ0v) is 24.3. The van der Waals surface area contributed by atoms with E-state index in [1.54, 1.807) is 0 Å². The summed E-state index contributed by atoms with van der Waals surface area (Å²) in [5.41, 5.74) is 5.79. The van der Waals surface area contributed by atoms with Gasteiger partial charge < -0.3 is 0 Å². The Bertz CT molecular complexity index is 1040. The molecule has 36 heavy (non-hydrogen) atoms. The maximum absolute atomic E-state index is 4.49. The number of allylic oxidation sites excluding steroid dienone is 12. The zero-order valence-electron chi connectivity index (χ0n) is 19.7. The molecule has 8 heteroatoms. The van der Waals surface area contributed by atoms with Crippen LogP contribution in [0.15, 0.2) is 152 Å². The molecule has 0 unspecified atom stereocenters. The van der Waals surface area contributed by atoms with Gasteiger partial charge >= 0.3 is 55.4 Å². The molecule has 0 radical (unpaired) electrons. The van der Waals surface area contributed by atoms with Crippen molar-refractivity contribution in [3.63, 3.8) is 0 Å². The van der Waals surface area contributed by atoms with Gasteiger partial charge in [0.1, 0.15) is 0 Å². The van der Waals surface area contributed by atoms with Gasteiger partial charge in [0, 0.05) is 0 Å². The summed E-state index contributed by atoms with van der Waals surface area (Å²) in [5.74, 6) is 0. The molecule has 4 nitrogen and oxygen atoms in total. The van der Waals surface area contributed by atoms with Gasteiger partial charge in [0.25, 0.3) is 0 Å². The third-order valence-corrected chi connectivity index (χ3v) is 4.53. The number of hydrogen-bond acceptors (Lipinski definition) is 4. The molecule has 0 atom stereocenters. The Morgan fingerprint density at radius 1 is 0.583 bits per heavy atom. The van der Waals surface area contributed by atoms with E-state index in [2.05, 4.69) is 75.9 Å². The first-order valence-electron chi connectivity index (χ1n) is 10.7. The van der Waals surface area contributed by atoms with Crippen molar-refractivity contribution in [2.24, 2.45) is 20.5 Å². The average molecular weight is 702 g/mol. The maximum atomic E-state index is 4.49. The van der Waals surface area contributed by atoms with Gasteiger partial charge in [0.2, 0.25) is 0 Å². The number of rotatable bonds is 4. The molecule has 0 heterocycles. The van der Waals surface area contributed by atoms with Crippen LogP contribution in [0.5, 0.6) is 0 Å². The standard InChI is InChI=1S/2C14H13N2.2ClH.2Pd/c2*1-12(13-8-4-2-5-9-13)15-16-14-10-6-3-7-11-14;;;;/h2*2-11H,1H3;2*1H;;/q2*-1;;;2*+2/p-2. The van der Waals surface area contributed by atoms with E-state index in [1.165, 1.54) is 0 Å². The van der Waals surface area contributed by atoms with Crippen LogP contribution in [0.4, 0.5) is 11.4 Å². The molecule has 0 spiro atoms. The van der Waals surface area contributed by atoms with E-state index in [9.17, 15) is 0 Å². The number of hydrogen-bond donors (Lipinski definition) is 0. The van der Waals surface area contributed by atoms with E-state index >= 15 is 0 Å². The first-order chi connectivity index (χ1) is 17.7. The molecule has 0 aliphatic heterocycles. The Balaban J connectivity index is 0.000000317. The van der Waals surface area contributed by atoms with E-state index in [0.29, 0.717) is 0 Å². The van der Waals surface area contributed by atoms with Gasteiger partial charge in [-0.1, -0.05) is 50.2 Å². The molecule has 0 fully saturated rings. The van der Waals surface area contributed by atoms with E-state index in [1.807, 2.05) is 136 Å². The summed E-state index contributed by atoms with van der Waals surface area (Å²) < 4.78 is 0. The normalized spacial score (nSPS) is 16.0. The molecule has 2 aromatic rings. The summed E-state index contributed by atoms with van der Waals surface area (Å²) in [4.78, 5) is 0. The number of benzene rings is 2. The van der Waals surface area contributed by atoms with Crippen molar-refractivity contribution in [2.75, 3.05) is 0 Å². The van der Waals surface area contributed by atoms with E-state index < -0.39 is 0 Å². The van der Waals surface area contributed by atoms with Crippen LogP contribution in [0.3, 0.4) is 0 Å². The fourth-order valence-electron chi connectivity index (χ4n) is 2.73. The molecule has 0 N–H and O–H groups in total. The topological polar surface area (TPSA) is 49.4 Å².